The normalized spacial score (nSPS) is 11.0. The number of nitrogens with one attached hydrogen (secondary N) is 1. The molecule has 0 heterocycles. The molecule has 1 amide bonds. The fourth-order valence-corrected chi connectivity index (χ4v) is 2.34. The van der Waals surface area contributed by atoms with Gasteiger partial charge in [0.1, 0.15) is 17.4 Å². The number of carbonyl (C=O) groups is 1. The Balaban J connectivity index is 2.28. The van der Waals surface area contributed by atoms with Gasteiger partial charge in [0.15, 0.2) is 0 Å². The molecule has 2 N–H and O–H groups in total. The Labute approximate surface area is 143 Å². The van der Waals surface area contributed by atoms with E-state index in [9.17, 15) is 15.2 Å². The fourth-order valence-electron chi connectivity index (χ4n) is 1.96. The molecule has 0 saturated heterocycles. The summed E-state index contributed by atoms with van der Waals surface area (Å²) in [7, 11) is 0. The van der Waals surface area contributed by atoms with Crippen LogP contribution in [0.5, 0.6) is 5.75 Å². The number of nitrogens with zero attached hydrogens (tertiary/aromatic N) is 1. The summed E-state index contributed by atoms with van der Waals surface area (Å²) >= 11 is 3.29. The number of phenolic OH excluding ortho intramolecular Hbond substituents is 1. The van der Waals surface area contributed by atoms with E-state index in [0.29, 0.717) is 11.3 Å². The Morgan fingerprint density at radius 3 is 2.61 bits per heavy atom. The van der Waals surface area contributed by atoms with Gasteiger partial charge in [-0.2, -0.15) is 5.26 Å². The summed E-state index contributed by atoms with van der Waals surface area (Å²) in [4.78, 5) is 12.2. The number of aryl methyl sites for hydroxylation is 2. The van der Waals surface area contributed by atoms with E-state index in [1.165, 1.54) is 12.1 Å². The van der Waals surface area contributed by atoms with E-state index >= 15 is 0 Å². The molecule has 0 aliphatic heterocycles. The fraction of sp³-hybridized carbons (Fsp3) is 0.111. The lowest BCUT2D eigenvalue weighted by Gasteiger charge is -2.07. The molecule has 0 bridgehead atoms. The highest BCUT2D eigenvalue weighted by Crippen LogP contribution is 2.24. The van der Waals surface area contributed by atoms with Crippen LogP contribution in [0.3, 0.4) is 0 Å². The summed E-state index contributed by atoms with van der Waals surface area (Å²) in [5.74, 6) is -0.518. The van der Waals surface area contributed by atoms with Gasteiger partial charge in [0.25, 0.3) is 5.91 Å². The number of hydrogen-bond donors (Lipinski definition) is 2. The van der Waals surface area contributed by atoms with E-state index in [4.69, 9.17) is 0 Å². The minimum Gasteiger partial charge on any atom is -0.507 e. The van der Waals surface area contributed by atoms with Crippen LogP contribution < -0.4 is 5.32 Å². The third-order valence-electron chi connectivity index (χ3n) is 3.42. The third-order valence-corrected chi connectivity index (χ3v) is 3.91. The third kappa shape index (κ3) is 4.21. The molecule has 23 heavy (non-hydrogen) atoms. The van der Waals surface area contributed by atoms with Gasteiger partial charge in [-0.3, -0.25) is 4.79 Å². The van der Waals surface area contributed by atoms with Crippen molar-refractivity contribution in [3.05, 3.63) is 63.1 Å². The molecule has 2 rings (SSSR count). The second kappa shape index (κ2) is 7.12. The second-order valence-corrected chi connectivity index (χ2v) is 6.04. The zero-order valence-corrected chi connectivity index (χ0v) is 14.3. The molecule has 4 nitrogen and oxygen atoms in total. The predicted octanol–water partition coefficient (Wildman–Crippen LogP) is 4.32. The molecule has 0 saturated carbocycles. The smallest absolute Gasteiger partial charge is 0.266 e. The number of nitriles is 1. The largest absolute Gasteiger partial charge is 0.507 e. The van der Waals surface area contributed by atoms with Crippen molar-refractivity contribution in [1.82, 2.24) is 0 Å². The lowest BCUT2D eigenvalue weighted by molar-refractivity contribution is -0.112. The van der Waals surface area contributed by atoms with Gasteiger partial charge in [-0.15, -0.1) is 0 Å². The Kier molecular flexibility index (Phi) is 5.20. The first-order valence-electron chi connectivity index (χ1n) is 6.89. The minimum atomic E-state index is -0.518. The quantitative estimate of drug-likeness (QED) is 0.624. The summed E-state index contributed by atoms with van der Waals surface area (Å²) in [5.41, 5.74) is 3.11. The molecule has 0 aliphatic rings. The van der Waals surface area contributed by atoms with Gasteiger partial charge in [0.05, 0.1) is 0 Å². The van der Waals surface area contributed by atoms with Crippen LogP contribution in [0.2, 0.25) is 0 Å². The molecule has 0 aliphatic carbocycles. The minimum absolute atomic E-state index is 0.0000645. The average Bonchev–Trinajstić information content (AvgIpc) is 2.51. The van der Waals surface area contributed by atoms with E-state index in [1.807, 2.05) is 32.0 Å². The van der Waals surface area contributed by atoms with Crippen LogP contribution in [0.25, 0.3) is 6.08 Å². The second-order valence-electron chi connectivity index (χ2n) is 5.13. The number of benzene rings is 2. The maximum absolute atomic E-state index is 12.2. The molecular formula is C18H15BrN2O2. The monoisotopic (exact) mass is 370 g/mol. The molecule has 116 valence electrons. The number of aromatic hydroxyl groups is 1. The van der Waals surface area contributed by atoms with Crippen LogP contribution in [-0.2, 0) is 4.79 Å². The first kappa shape index (κ1) is 16.8. The van der Waals surface area contributed by atoms with Crippen molar-refractivity contribution in [3.63, 3.8) is 0 Å². The van der Waals surface area contributed by atoms with E-state index in [0.717, 1.165) is 15.6 Å². The number of halogens is 1. The summed E-state index contributed by atoms with van der Waals surface area (Å²) < 4.78 is 0.744. The topological polar surface area (TPSA) is 73.1 Å². The highest BCUT2D eigenvalue weighted by Gasteiger charge is 2.11. The molecule has 0 atom stereocenters. The zero-order chi connectivity index (χ0) is 17.0. The van der Waals surface area contributed by atoms with Crippen LogP contribution in [0.15, 0.2) is 46.4 Å². The Morgan fingerprint density at radius 1 is 1.22 bits per heavy atom. The van der Waals surface area contributed by atoms with Crippen molar-refractivity contribution in [2.24, 2.45) is 0 Å². The van der Waals surface area contributed by atoms with Crippen molar-refractivity contribution in [1.29, 1.82) is 5.26 Å². The van der Waals surface area contributed by atoms with Gasteiger partial charge in [0.2, 0.25) is 0 Å². The van der Waals surface area contributed by atoms with Crippen molar-refractivity contribution in [3.8, 4) is 11.8 Å². The zero-order valence-electron chi connectivity index (χ0n) is 12.7. The average molecular weight is 371 g/mol. The van der Waals surface area contributed by atoms with Gasteiger partial charge >= 0.3 is 0 Å². The van der Waals surface area contributed by atoms with Gasteiger partial charge in [-0.1, -0.05) is 22.0 Å². The summed E-state index contributed by atoms with van der Waals surface area (Å²) in [6.07, 6.45) is 1.36. The maximum atomic E-state index is 12.2. The van der Waals surface area contributed by atoms with Crippen LogP contribution >= 0.6 is 15.9 Å². The van der Waals surface area contributed by atoms with Gasteiger partial charge in [-0.25, -0.2) is 0 Å². The molecule has 2 aromatic carbocycles. The van der Waals surface area contributed by atoms with E-state index in [2.05, 4.69) is 21.2 Å². The number of rotatable bonds is 3. The Hall–Kier alpha value is -2.58. The SMILES string of the molecule is Cc1ccc(NC(=O)/C(C#N)=C/c2cc(Br)ccc2O)cc1C. The number of phenols is 1. The lowest BCUT2D eigenvalue weighted by Crippen LogP contribution is -2.13. The molecule has 2 aromatic rings. The van der Waals surface area contributed by atoms with E-state index < -0.39 is 5.91 Å². The van der Waals surface area contributed by atoms with Crippen LogP contribution in [0, 0.1) is 25.2 Å². The predicted molar refractivity (Wildman–Crippen MR) is 93.9 cm³/mol. The first-order valence-corrected chi connectivity index (χ1v) is 7.69. The van der Waals surface area contributed by atoms with Crippen molar-refractivity contribution < 1.29 is 9.90 Å². The van der Waals surface area contributed by atoms with Crippen LogP contribution in [-0.4, -0.2) is 11.0 Å². The van der Waals surface area contributed by atoms with Crippen molar-refractivity contribution in [2.75, 3.05) is 5.32 Å². The van der Waals surface area contributed by atoms with Crippen molar-refractivity contribution >= 4 is 33.6 Å². The summed E-state index contributed by atoms with van der Waals surface area (Å²) in [6.45, 7) is 3.93. The summed E-state index contributed by atoms with van der Waals surface area (Å²) in [6, 6.07) is 12.2. The maximum Gasteiger partial charge on any atom is 0.266 e. The molecular weight excluding hydrogens is 356 g/mol. The highest BCUT2D eigenvalue weighted by molar-refractivity contribution is 9.10. The van der Waals surface area contributed by atoms with Gasteiger partial charge < -0.3 is 10.4 Å². The van der Waals surface area contributed by atoms with Gasteiger partial charge in [0, 0.05) is 15.7 Å². The molecule has 5 heteroatoms. The number of carbonyl (C=O) groups excluding carboxylic acids is 1. The summed E-state index contributed by atoms with van der Waals surface area (Å²) in [5, 5.41) is 21.7. The van der Waals surface area contributed by atoms with E-state index in [-0.39, 0.29) is 11.3 Å². The molecule has 0 aromatic heterocycles. The number of hydrogen-bond acceptors (Lipinski definition) is 3. The first-order chi connectivity index (χ1) is 10.9. The molecule has 0 radical (unpaired) electrons. The lowest BCUT2D eigenvalue weighted by atomic mass is 10.1. The van der Waals surface area contributed by atoms with Crippen molar-refractivity contribution in [2.45, 2.75) is 13.8 Å². The number of anilines is 1. The Bertz CT molecular complexity index is 835. The highest BCUT2D eigenvalue weighted by atomic mass is 79.9. The van der Waals surface area contributed by atoms with E-state index in [1.54, 1.807) is 18.2 Å². The van der Waals surface area contributed by atoms with Crippen LogP contribution in [0.4, 0.5) is 5.69 Å². The molecule has 0 spiro atoms. The Morgan fingerprint density at radius 2 is 1.96 bits per heavy atom. The van der Waals surface area contributed by atoms with Gasteiger partial charge in [-0.05, 0) is 61.4 Å². The number of amides is 1. The standard InChI is InChI=1S/C18H15BrN2O2/c1-11-3-5-16(7-12(11)2)21-18(23)14(10-20)8-13-9-15(19)4-6-17(13)22/h3-9,22H,1-2H3,(H,21,23)/b14-8+. The molecule has 0 unspecified atom stereocenters. The molecule has 0 fully saturated rings. The van der Waals surface area contributed by atoms with Crippen LogP contribution in [0.1, 0.15) is 16.7 Å².